The van der Waals surface area contributed by atoms with Gasteiger partial charge in [0.1, 0.15) is 0 Å². The van der Waals surface area contributed by atoms with Crippen LogP contribution in [0.15, 0.2) is 18.2 Å². The van der Waals surface area contributed by atoms with E-state index in [0.29, 0.717) is 29.2 Å². The molecule has 1 aromatic rings. The van der Waals surface area contributed by atoms with Crippen molar-refractivity contribution < 1.29 is 9.90 Å². The van der Waals surface area contributed by atoms with Gasteiger partial charge in [-0.15, -0.1) is 0 Å². The fourth-order valence-electron chi connectivity index (χ4n) is 1.13. The fourth-order valence-corrected chi connectivity index (χ4v) is 1.37. The van der Waals surface area contributed by atoms with Crippen LogP contribution in [0.3, 0.4) is 0 Å². The average molecular weight is 229 g/mol. The van der Waals surface area contributed by atoms with Gasteiger partial charge in [-0.2, -0.15) is 0 Å². The molecule has 0 saturated carbocycles. The largest absolute Gasteiger partial charge is 0.399 e. The molecule has 0 aliphatic carbocycles. The lowest BCUT2D eigenvalue weighted by molar-refractivity contribution is 0.0951. The van der Waals surface area contributed by atoms with E-state index in [2.05, 4.69) is 5.32 Å². The van der Waals surface area contributed by atoms with Crippen LogP contribution in [0.5, 0.6) is 0 Å². The average Bonchev–Trinajstić information content (AvgIpc) is 2.16. The van der Waals surface area contributed by atoms with E-state index in [9.17, 15) is 4.79 Å². The van der Waals surface area contributed by atoms with Crippen LogP contribution in [0, 0.1) is 0 Å². The van der Waals surface area contributed by atoms with Gasteiger partial charge in [0.2, 0.25) is 0 Å². The molecular formula is C10H13ClN2O2. The maximum absolute atomic E-state index is 11.5. The molecule has 0 radical (unpaired) electrons. The molecule has 0 atom stereocenters. The predicted molar refractivity (Wildman–Crippen MR) is 59.9 cm³/mol. The second kappa shape index (κ2) is 5.58. The van der Waals surface area contributed by atoms with Crippen LogP contribution in [-0.2, 0) is 0 Å². The first-order valence-electron chi connectivity index (χ1n) is 4.58. The number of hydrogen-bond acceptors (Lipinski definition) is 3. The number of carbonyl (C=O) groups excluding carboxylic acids is 1. The van der Waals surface area contributed by atoms with Crippen LogP contribution >= 0.6 is 11.6 Å². The molecule has 0 aliphatic heterocycles. The van der Waals surface area contributed by atoms with Crippen molar-refractivity contribution in [2.24, 2.45) is 0 Å². The van der Waals surface area contributed by atoms with Crippen molar-refractivity contribution >= 4 is 23.2 Å². The molecule has 0 unspecified atom stereocenters. The number of carbonyl (C=O) groups is 1. The van der Waals surface area contributed by atoms with Gasteiger partial charge in [0.15, 0.2) is 0 Å². The maximum atomic E-state index is 11.5. The minimum Gasteiger partial charge on any atom is -0.399 e. The molecule has 0 saturated heterocycles. The van der Waals surface area contributed by atoms with E-state index in [1.807, 2.05) is 0 Å². The number of nitrogens with one attached hydrogen (secondary N) is 1. The standard InChI is InChI=1S/C10H13ClN2O2/c11-8-4-7(5-9(12)6-8)10(15)13-2-1-3-14/h4-6,14H,1-3,12H2,(H,13,15). The summed E-state index contributed by atoms with van der Waals surface area (Å²) in [4.78, 5) is 11.5. The van der Waals surface area contributed by atoms with Crippen LogP contribution in [-0.4, -0.2) is 24.2 Å². The van der Waals surface area contributed by atoms with Crippen molar-refractivity contribution in [3.8, 4) is 0 Å². The maximum Gasteiger partial charge on any atom is 0.251 e. The van der Waals surface area contributed by atoms with E-state index in [4.69, 9.17) is 22.4 Å². The molecule has 0 spiro atoms. The number of nitrogen functional groups attached to an aromatic ring is 1. The van der Waals surface area contributed by atoms with Crippen molar-refractivity contribution in [1.82, 2.24) is 5.32 Å². The van der Waals surface area contributed by atoms with Crippen molar-refractivity contribution in [3.63, 3.8) is 0 Å². The highest BCUT2D eigenvalue weighted by Crippen LogP contribution is 2.16. The zero-order valence-electron chi connectivity index (χ0n) is 8.16. The van der Waals surface area contributed by atoms with Gasteiger partial charge in [0.05, 0.1) is 0 Å². The topological polar surface area (TPSA) is 75.4 Å². The van der Waals surface area contributed by atoms with Crippen LogP contribution in [0.1, 0.15) is 16.8 Å². The van der Waals surface area contributed by atoms with Crippen molar-refractivity contribution in [3.05, 3.63) is 28.8 Å². The highest BCUT2D eigenvalue weighted by atomic mass is 35.5. The molecule has 4 nitrogen and oxygen atoms in total. The van der Waals surface area contributed by atoms with Crippen molar-refractivity contribution in [2.45, 2.75) is 6.42 Å². The molecular weight excluding hydrogens is 216 g/mol. The summed E-state index contributed by atoms with van der Waals surface area (Å²) in [5.74, 6) is -0.238. The van der Waals surface area contributed by atoms with E-state index in [-0.39, 0.29) is 12.5 Å². The predicted octanol–water partition coefficient (Wildman–Crippen LogP) is 1.03. The first-order chi connectivity index (χ1) is 7.13. The number of aliphatic hydroxyl groups is 1. The van der Waals surface area contributed by atoms with Crippen LogP contribution in [0.25, 0.3) is 0 Å². The molecule has 0 fully saturated rings. The summed E-state index contributed by atoms with van der Waals surface area (Å²) in [6, 6.07) is 4.68. The van der Waals surface area contributed by atoms with E-state index >= 15 is 0 Å². The van der Waals surface area contributed by atoms with Crippen LogP contribution in [0.2, 0.25) is 5.02 Å². The molecule has 5 heteroatoms. The molecule has 0 aliphatic rings. The van der Waals surface area contributed by atoms with Crippen molar-refractivity contribution in [2.75, 3.05) is 18.9 Å². The summed E-state index contributed by atoms with van der Waals surface area (Å²) in [6.07, 6.45) is 0.530. The van der Waals surface area contributed by atoms with E-state index in [0.717, 1.165) is 0 Å². The zero-order valence-corrected chi connectivity index (χ0v) is 8.92. The van der Waals surface area contributed by atoms with Gasteiger partial charge in [0, 0.05) is 29.4 Å². The Morgan fingerprint density at radius 2 is 2.20 bits per heavy atom. The quantitative estimate of drug-likeness (QED) is 0.532. The minimum absolute atomic E-state index is 0.0535. The molecule has 1 rings (SSSR count). The minimum atomic E-state index is -0.238. The Morgan fingerprint density at radius 3 is 2.80 bits per heavy atom. The van der Waals surface area contributed by atoms with Gasteiger partial charge >= 0.3 is 0 Å². The van der Waals surface area contributed by atoms with Gasteiger partial charge in [-0.1, -0.05) is 11.6 Å². The summed E-state index contributed by atoms with van der Waals surface area (Å²) in [5, 5.41) is 11.6. The summed E-state index contributed by atoms with van der Waals surface area (Å²) in [5.41, 5.74) is 6.43. The van der Waals surface area contributed by atoms with E-state index in [1.165, 1.54) is 0 Å². The molecule has 0 heterocycles. The van der Waals surface area contributed by atoms with Crippen molar-refractivity contribution in [1.29, 1.82) is 0 Å². The SMILES string of the molecule is Nc1cc(Cl)cc(C(=O)NCCCO)c1. The summed E-state index contributed by atoms with van der Waals surface area (Å²) < 4.78 is 0. The second-order valence-corrected chi connectivity index (χ2v) is 3.54. The lowest BCUT2D eigenvalue weighted by Gasteiger charge is -2.05. The number of anilines is 1. The van der Waals surface area contributed by atoms with Gasteiger partial charge in [-0.25, -0.2) is 0 Å². The summed E-state index contributed by atoms with van der Waals surface area (Å²) in [6.45, 7) is 0.486. The number of hydrogen-bond donors (Lipinski definition) is 3. The normalized spacial score (nSPS) is 10.0. The number of benzene rings is 1. The smallest absolute Gasteiger partial charge is 0.251 e. The highest BCUT2D eigenvalue weighted by molar-refractivity contribution is 6.31. The summed E-state index contributed by atoms with van der Waals surface area (Å²) in [7, 11) is 0. The van der Waals surface area contributed by atoms with E-state index < -0.39 is 0 Å². The number of nitrogens with two attached hydrogens (primary N) is 1. The highest BCUT2D eigenvalue weighted by Gasteiger charge is 2.06. The van der Waals surface area contributed by atoms with Gasteiger partial charge < -0.3 is 16.2 Å². The van der Waals surface area contributed by atoms with Gasteiger partial charge in [-0.05, 0) is 24.6 Å². The second-order valence-electron chi connectivity index (χ2n) is 3.11. The zero-order chi connectivity index (χ0) is 11.3. The molecule has 82 valence electrons. The van der Waals surface area contributed by atoms with Gasteiger partial charge in [0.25, 0.3) is 5.91 Å². The number of rotatable bonds is 4. The first-order valence-corrected chi connectivity index (χ1v) is 4.96. The number of amides is 1. The third-order valence-corrected chi connectivity index (χ3v) is 2.02. The Labute approximate surface area is 93.0 Å². The molecule has 0 aromatic heterocycles. The molecule has 15 heavy (non-hydrogen) atoms. The molecule has 0 bridgehead atoms. The Kier molecular flexibility index (Phi) is 4.39. The number of aliphatic hydroxyl groups excluding tert-OH is 1. The Morgan fingerprint density at radius 1 is 1.47 bits per heavy atom. The Balaban J connectivity index is 2.65. The lowest BCUT2D eigenvalue weighted by Crippen LogP contribution is -2.25. The fraction of sp³-hybridized carbons (Fsp3) is 0.300. The third kappa shape index (κ3) is 3.77. The monoisotopic (exact) mass is 228 g/mol. The third-order valence-electron chi connectivity index (χ3n) is 1.80. The Hall–Kier alpha value is -1.26. The summed E-state index contributed by atoms with van der Waals surface area (Å²) >= 11 is 5.76. The molecule has 1 aromatic carbocycles. The Bertz CT molecular complexity index is 335. The first kappa shape index (κ1) is 11.8. The number of halogens is 1. The lowest BCUT2D eigenvalue weighted by atomic mass is 10.2. The van der Waals surface area contributed by atoms with Crippen LogP contribution in [0.4, 0.5) is 5.69 Å². The van der Waals surface area contributed by atoms with E-state index in [1.54, 1.807) is 18.2 Å². The molecule has 1 amide bonds. The van der Waals surface area contributed by atoms with Gasteiger partial charge in [-0.3, -0.25) is 4.79 Å². The van der Waals surface area contributed by atoms with Crippen LogP contribution < -0.4 is 11.1 Å². The molecule has 4 N–H and O–H groups in total.